The molecule has 1 aromatic heterocycles. The van der Waals surface area contributed by atoms with Gasteiger partial charge in [-0.3, -0.25) is 9.59 Å². The Morgan fingerprint density at radius 2 is 1.85 bits per heavy atom. The number of benzene rings is 2. The Kier molecular flexibility index (Phi) is 4.93. The molecular weight excluding hydrogens is 332 g/mol. The molecule has 0 fully saturated rings. The maximum Gasteiger partial charge on any atom is 0.259 e. The molecule has 0 bridgehead atoms. The van der Waals surface area contributed by atoms with E-state index in [1.54, 1.807) is 31.4 Å². The lowest BCUT2D eigenvalue weighted by Gasteiger charge is -2.14. The van der Waals surface area contributed by atoms with Gasteiger partial charge in [-0.2, -0.15) is 0 Å². The van der Waals surface area contributed by atoms with Crippen molar-refractivity contribution in [1.29, 1.82) is 0 Å². The second-order valence-electron chi connectivity index (χ2n) is 5.88. The molecule has 0 aliphatic heterocycles. The van der Waals surface area contributed by atoms with Crippen LogP contribution in [-0.2, 0) is 11.3 Å². The molecule has 0 radical (unpaired) electrons. The number of pyridine rings is 1. The molecule has 2 aromatic carbocycles. The van der Waals surface area contributed by atoms with Crippen molar-refractivity contribution in [3.8, 4) is 11.5 Å². The molecule has 0 saturated heterocycles. The first-order chi connectivity index (χ1) is 12.5. The van der Waals surface area contributed by atoms with Crippen LogP contribution in [0.2, 0.25) is 0 Å². The van der Waals surface area contributed by atoms with E-state index in [4.69, 9.17) is 9.47 Å². The number of carbonyl (C=O) groups excluding carboxylic acids is 1. The highest BCUT2D eigenvalue weighted by atomic mass is 16.5. The molecule has 0 unspecified atom stereocenters. The van der Waals surface area contributed by atoms with Crippen LogP contribution >= 0.6 is 0 Å². The van der Waals surface area contributed by atoms with E-state index in [9.17, 15) is 9.59 Å². The van der Waals surface area contributed by atoms with Crippen molar-refractivity contribution in [2.45, 2.75) is 13.5 Å². The summed E-state index contributed by atoms with van der Waals surface area (Å²) in [4.78, 5) is 25.2. The third-order valence-electron chi connectivity index (χ3n) is 4.21. The van der Waals surface area contributed by atoms with E-state index < -0.39 is 0 Å². The fraction of sp³-hybridized carbons (Fsp3) is 0.200. The van der Waals surface area contributed by atoms with Crippen molar-refractivity contribution in [1.82, 2.24) is 4.57 Å². The minimum Gasteiger partial charge on any atom is -0.497 e. The number of nitrogens with one attached hydrogen (secondary N) is 1. The molecule has 0 atom stereocenters. The van der Waals surface area contributed by atoms with Gasteiger partial charge in [0.15, 0.2) is 0 Å². The van der Waals surface area contributed by atoms with Crippen LogP contribution in [0.15, 0.2) is 53.3 Å². The quantitative estimate of drug-likeness (QED) is 0.766. The number of hydrogen-bond donors (Lipinski definition) is 1. The molecule has 1 N–H and O–H groups in total. The van der Waals surface area contributed by atoms with E-state index in [0.29, 0.717) is 22.6 Å². The van der Waals surface area contributed by atoms with Crippen LogP contribution in [0.1, 0.15) is 5.69 Å². The number of ether oxygens (including phenoxy) is 2. The van der Waals surface area contributed by atoms with Gasteiger partial charge in [0.25, 0.3) is 5.56 Å². The minimum absolute atomic E-state index is 0.0874. The predicted octanol–water partition coefficient (Wildman–Crippen LogP) is 2.97. The summed E-state index contributed by atoms with van der Waals surface area (Å²) in [7, 11) is 3.07. The van der Waals surface area contributed by atoms with Crippen molar-refractivity contribution in [3.63, 3.8) is 0 Å². The average Bonchev–Trinajstić information content (AvgIpc) is 2.65. The summed E-state index contributed by atoms with van der Waals surface area (Å²) in [6.07, 6.45) is 0. The Morgan fingerprint density at radius 3 is 2.58 bits per heavy atom. The molecule has 26 heavy (non-hydrogen) atoms. The fourth-order valence-corrected chi connectivity index (χ4v) is 2.87. The lowest BCUT2D eigenvalue weighted by atomic mass is 10.1. The third kappa shape index (κ3) is 3.39. The van der Waals surface area contributed by atoms with Crippen LogP contribution in [0, 0.1) is 6.92 Å². The smallest absolute Gasteiger partial charge is 0.259 e. The Morgan fingerprint density at radius 1 is 1.08 bits per heavy atom. The Hall–Kier alpha value is -3.28. The Labute approximate surface area is 151 Å². The lowest BCUT2D eigenvalue weighted by Crippen LogP contribution is -2.29. The summed E-state index contributed by atoms with van der Waals surface area (Å²) in [5, 5.41) is 4.23. The van der Waals surface area contributed by atoms with Gasteiger partial charge in [-0.15, -0.1) is 0 Å². The molecule has 0 saturated carbocycles. The van der Waals surface area contributed by atoms with Gasteiger partial charge in [-0.1, -0.05) is 18.2 Å². The van der Waals surface area contributed by atoms with Gasteiger partial charge >= 0.3 is 0 Å². The third-order valence-corrected chi connectivity index (χ3v) is 4.21. The second kappa shape index (κ2) is 7.31. The zero-order valence-corrected chi connectivity index (χ0v) is 14.9. The van der Waals surface area contributed by atoms with Gasteiger partial charge in [0.05, 0.1) is 19.9 Å². The van der Waals surface area contributed by atoms with Gasteiger partial charge in [0.2, 0.25) is 5.91 Å². The normalized spacial score (nSPS) is 10.6. The van der Waals surface area contributed by atoms with Crippen LogP contribution in [0.25, 0.3) is 10.8 Å². The van der Waals surface area contributed by atoms with Crippen molar-refractivity contribution < 1.29 is 14.3 Å². The summed E-state index contributed by atoms with van der Waals surface area (Å²) in [6, 6.07) is 14.4. The molecule has 0 aliphatic carbocycles. The highest BCUT2D eigenvalue weighted by Gasteiger charge is 2.13. The highest BCUT2D eigenvalue weighted by Crippen LogP contribution is 2.28. The first kappa shape index (κ1) is 17.5. The minimum atomic E-state index is -0.322. The number of hydrogen-bond acceptors (Lipinski definition) is 4. The summed E-state index contributed by atoms with van der Waals surface area (Å²) in [5.41, 5.74) is 1.03. The first-order valence-corrected chi connectivity index (χ1v) is 8.14. The average molecular weight is 352 g/mol. The summed E-state index contributed by atoms with van der Waals surface area (Å²) in [6.45, 7) is 1.73. The number of aryl methyl sites for hydroxylation is 1. The van der Waals surface area contributed by atoms with Gasteiger partial charge in [0, 0.05) is 17.1 Å². The van der Waals surface area contributed by atoms with Crippen molar-refractivity contribution in [3.05, 3.63) is 64.6 Å². The van der Waals surface area contributed by atoms with Crippen molar-refractivity contribution >= 4 is 22.4 Å². The van der Waals surface area contributed by atoms with Gasteiger partial charge in [-0.25, -0.2) is 0 Å². The summed E-state index contributed by atoms with van der Waals surface area (Å²) < 4.78 is 11.9. The molecule has 1 heterocycles. The molecule has 0 aliphatic rings. The molecule has 6 nitrogen and oxygen atoms in total. The molecule has 1 amide bonds. The number of methoxy groups -OCH3 is 2. The van der Waals surface area contributed by atoms with Crippen molar-refractivity contribution in [2.75, 3.05) is 19.5 Å². The SMILES string of the molecule is COc1ccc(OC)c(NC(=O)Cn2c(C)cc3ccccc3c2=O)c1. The van der Waals surface area contributed by atoms with Gasteiger partial charge in [0.1, 0.15) is 18.0 Å². The van der Waals surface area contributed by atoms with Crippen LogP contribution in [0.3, 0.4) is 0 Å². The highest BCUT2D eigenvalue weighted by molar-refractivity contribution is 5.92. The van der Waals surface area contributed by atoms with E-state index in [1.807, 2.05) is 31.2 Å². The lowest BCUT2D eigenvalue weighted by molar-refractivity contribution is -0.116. The van der Waals surface area contributed by atoms with Crippen LogP contribution in [0.4, 0.5) is 5.69 Å². The largest absolute Gasteiger partial charge is 0.497 e. The Balaban J connectivity index is 1.90. The van der Waals surface area contributed by atoms with Gasteiger partial charge in [-0.05, 0) is 36.6 Å². The molecule has 3 aromatic rings. The number of nitrogens with zero attached hydrogens (tertiary/aromatic N) is 1. The van der Waals surface area contributed by atoms with Crippen LogP contribution in [0.5, 0.6) is 11.5 Å². The van der Waals surface area contributed by atoms with E-state index in [2.05, 4.69) is 5.32 Å². The van der Waals surface area contributed by atoms with E-state index >= 15 is 0 Å². The van der Waals surface area contributed by atoms with Crippen LogP contribution in [-0.4, -0.2) is 24.7 Å². The van der Waals surface area contributed by atoms with E-state index in [-0.39, 0.29) is 18.0 Å². The summed E-state index contributed by atoms with van der Waals surface area (Å²) in [5.74, 6) is 0.791. The number of carbonyl (C=O) groups is 1. The van der Waals surface area contributed by atoms with Crippen molar-refractivity contribution in [2.24, 2.45) is 0 Å². The number of fused-ring (bicyclic) bond motifs is 1. The molecular formula is C20H20N2O4. The fourth-order valence-electron chi connectivity index (χ4n) is 2.87. The number of aromatic nitrogens is 1. The molecule has 0 spiro atoms. The topological polar surface area (TPSA) is 69.6 Å². The zero-order valence-electron chi connectivity index (χ0n) is 14.9. The van der Waals surface area contributed by atoms with E-state index in [1.165, 1.54) is 11.7 Å². The second-order valence-corrected chi connectivity index (χ2v) is 5.88. The standard InChI is InChI=1S/C20H20N2O4/c1-13-10-14-6-4-5-7-16(14)20(24)22(13)12-19(23)21-17-11-15(25-2)8-9-18(17)26-3/h4-11H,12H2,1-3H3,(H,21,23). The number of amides is 1. The van der Waals surface area contributed by atoms with E-state index in [0.717, 1.165) is 11.1 Å². The predicted molar refractivity (Wildman–Crippen MR) is 101 cm³/mol. The maximum atomic E-state index is 12.7. The number of anilines is 1. The molecule has 6 heteroatoms. The number of rotatable bonds is 5. The Bertz CT molecular complexity index is 1020. The monoisotopic (exact) mass is 352 g/mol. The summed E-state index contributed by atoms with van der Waals surface area (Å²) >= 11 is 0. The zero-order chi connectivity index (χ0) is 18.7. The molecule has 134 valence electrons. The maximum absolute atomic E-state index is 12.7. The molecule has 3 rings (SSSR count). The van der Waals surface area contributed by atoms with Gasteiger partial charge < -0.3 is 19.4 Å². The van der Waals surface area contributed by atoms with Crippen LogP contribution < -0.4 is 20.3 Å². The first-order valence-electron chi connectivity index (χ1n) is 8.14.